The molecule has 130 valence electrons. The van der Waals surface area contributed by atoms with Crippen LogP contribution >= 0.6 is 11.3 Å². The third kappa shape index (κ3) is 5.35. The van der Waals surface area contributed by atoms with Crippen molar-refractivity contribution in [1.82, 2.24) is 4.90 Å². The van der Waals surface area contributed by atoms with Crippen LogP contribution in [0.3, 0.4) is 0 Å². The van der Waals surface area contributed by atoms with Crippen molar-refractivity contribution in [3.05, 3.63) is 46.2 Å². The molecule has 2 aromatic rings. The number of carbonyl (C=O) groups is 1. The highest BCUT2D eigenvalue weighted by Gasteiger charge is 2.09. The number of hydrogen-bond acceptors (Lipinski definition) is 4. The molecular formula is C19H26N2O2S. The minimum atomic E-state index is -0.0603. The summed E-state index contributed by atoms with van der Waals surface area (Å²) < 4.78 is 5.75. The molecule has 4 nitrogen and oxygen atoms in total. The van der Waals surface area contributed by atoms with Crippen molar-refractivity contribution in [1.29, 1.82) is 0 Å². The highest BCUT2D eigenvalue weighted by atomic mass is 32.1. The molecule has 0 atom stereocenters. The molecular weight excluding hydrogens is 320 g/mol. The molecule has 0 fully saturated rings. The Bertz CT molecular complexity index is 633. The SMILES string of the molecule is CCc1ccc(C(=O)Nc2ccc(OCCN(CC)CC)cc2)s1. The van der Waals surface area contributed by atoms with Gasteiger partial charge in [-0.3, -0.25) is 4.79 Å². The molecule has 0 unspecified atom stereocenters. The van der Waals surface area contributed by atoms with E-state index in [-0.39, 0.29) is 5.91 Å². The Hall–Kier alpha value is -1.85. The molecule has 24 heavy (non-hydrogen) atoms. The van der Waals surface area contributed by atoms with Gasteiger partial charge in [0.05, 0.1) is 4.88 Å². The van der Waals surface area contributed by atoms with Gasteiger partial charge in [0.25, 0.3) is 5.91 Å². The number of aryl methyl sites for hydroxylation is 1. The molecule has 0 aliphatic rings. The van der Waals surface area contributed by atoms with E-state index in [0.29, 0.717) is 6.61 Å². The average Bonchev–Trinajstić information content (AvgIpc) is 3.09. The molecule has 0 bridgehead atoms. The fourth-order valence-electron chi connectivity index (χ4n) is 2.35. The van der Waals surface area contributed by atoms with Crippen molar-refractivity contribution >= 4 is 22.9 Å². The van der Waals surface area contributed by atoms with E-state index in [9.17, 15) is 4.79 Å². The Labute approximate surface area is 148 Å². The number of hydrogen-bond donors (Lipinski definition) is 1. The second-order valence-electron chi connectivity index (χ2n) is 5.47. The van der Waals surface area contributed by atoms with Crippen LogP contribution in [0.5, 0.6) is 5.75 Å². The predicted molar refractivity (Wildman–Crippen MR) is 101 cm³/mol. The van der Waals surface area contributed by atoms with Gasteiger partial charge in [0.1, 0.15) is 12.4 Å². The van der Waals surface area contributed by atoms with E-state index in [1.807, 2.05) is 36.4 Å². The van der Waals surface area contributed by atoms with Crippen molar-refractivity contribution in [3.63, 3.8) is 0 Å². The van der Waals surface area contributed by atoms with Crippen molar-refractivity contribution in [2.45, 2.75) is 27.2 Å². The van der Waals surface area contributed by atoms with Crippen molar-refractivity contribution in [3.8, 4) is 5.75 Å². The van der Waals surface area contributed by atoms with E-state index in [1.54, 1.807) is 0 Å². The number of amides is 1. The predicted octanol–water partition coefficient (Wildman–Crippen LogP) is 4.28. The zero-order valence-corrected chi connectivity index (χ0v) is 15.5. The van der Waals surface area contributed by atoms with Crippen LogP contribution in [0.2, 0.25) is 0 Å². The molecule has 0 saturated heterocycles. The molecule has 1 aromatic heterocycles. The van der Waals surface area contributed by atoms with Crippen LogP contribution in [0.1, 0.15) is 35.3 Å². The zero-order chi connectivity index (χ0) is 17.4. The fourth-order valence-corrected chi connectivity index (χ4v) is 3.19. The summed E-state index contributed by atoms with van der Waals surface area (Å²) in [5.74, 6) is 0.763. The lowest BCUT2D eigenvalue weighted by Gasteiger charge is -2.18. The van der Waals surface area contributed by atoms with Gasteiger partial charge in [0, 0.05) is 17.1 Å². The summed E-state index contributed by atoms with van der Waals surface area (Å²) in [7, 11) is 0. The summed E-state index contributed by atoms with van der Waals surface area (Å²) in [5, 5.41) is 2.92. The number of ether oxygens (including phenoxy) is 1. The molecule has 1 aromatic carbocycles. The first kappa shape index (κ1) is 18.5. The van der Waals surface area contributed by atoms with Gasteiger partial charge in [0.2, 0.25) is 0 Å². The summed E-state index contributed by atoms with van der Waals surface area (Å²) in [6, 6.07) is 11.4. The van der Waals surface area contributed by atoms with Crippen LogP contribution in [-0.2, 0) is 6.42 Å². The Morgan fingerprint density at radius 3 is 2.38 bits per heavy atom. The lowest BCUT2D eigenvalue weighted by atomic mass is 10.3. The normalized spacial score (nSPS) is 10.8. The number of benzene rings is 1. The molecule has 1 amide bonds. The number of nitrogens with zero attached hydrogens (tertiary/aromatic N) is 1. The first-order valence-electron chi connectivity index (χ1n) is 8.51. The van der Waals surface area contributed by atoms with E-state index < -0.39 is 0 Å². The van der Waals surface area contributed by atoms with Gasteiger partial charge in [-0.05, 0) is 55.9 Å². The van der Waals surface area contributed by atoms with Crippen LogP contribution in [0, 0.1) is 0 Å². The summed E-state index contributed by atoms with van der Waals surface area (Å²) in [6.45, 7) is 10.1. The first-order chi connectivity index (χ1) is 11.7. The molecule has 0 aliphatic heterocycles. The first-order valence-corrected chi connectivity index (χ1v) is 9.33. The quantitative estimate of drug-likeness (QED) is 0.737. The van der Waals surface area contributed by atoms with Crippen LogP contribution in [0.15, 0.2) is 36.4 Å². The lowest BCUT2D eigenvalue weighted by molar-refractivity contribution is 0.103. The number of anilines is 1. The highest BCUT2D eigenvalue weighted by Crippen LogP contribution is 2.20. The van der Waals surface area contributed by atoms with E-state index in [0.717, 1.165) is 42.4 Å². The van der Waals surface area contributed by atoms with E-state index in [4.69, 9.17) is 4.74 Å². The number of rotatable bonds is 9. The smallest absolute Gasteiger partial charge is 0.265 e. The Morgan fingerprint density at radius 1 is 1.08 bits per heavy atom. The number of thiophene rings is 1. The van der Waals surface area contributed by atoms with Crippen LogP contribution < -0.4 is 10.1 Å². The Morgan fingerprint density at radius 2 is 1.79 bits per heavy atom. The summed E-state index contributed by atoms with van der Waals surface area (Å²) >= 11 is 1.54. The number of carbonyl (C=O) groups excluding carboxylic acids is 1. The van der Waals surface area contributed by atoms with Crippen molar-refractivity contribution in [2.75, 3.05) is 31.6 Å². The number of likely N-dealkylation sites (N-methyl/N-ethyl adjacent to an activating group) is 1. The molecule has 0 saturated carbocycles. The van der Waals surface area contributed by atoms with Crippen LogP contribution in [-0.4, -0.2) is 37.0 Å². The second kappa shape index (κ2) is 9.45. The van der Waals surface area contributed by atoms with Crippen molar-refractivity contribution in [2.24, 2.45) is 0 Å². The molecule has 0 aliphatic carbocycles. The molecule has 5 heteroatoms. The largest absolute Gasteiger partial charge is 0.492 e. The maximum atomic E-state index is 12.2. The minimum absolute atomic E-state index is 0.0603. The van der Waals surface area contributed by atoms with E-state index in [2.05, 4.69) is 31.0 Å². The molecule has 0 spiro atoms. The Balaban J connectivity index is 1.84. The maximum Gasteiger partial charge on any atom is 0.265 e. The van der Waals surface area contributed by atoms with Crippen LogP contribution in [0.25, 0.3) is 0 Å². The lowest BCUT2D eigenvalue weighted by Crippen LogP contribution is -2.27. The Kier molecular flexibility index (Phi) is 7.28. The van der Waals surface area contributed by atoms with Crippen molar-refractivity contribution < 1.29 is 9.53 Å². The van der Waals surface area contributed by atoms with Gasteiger partial charge in [-0.1, -0.05) is 20.8 Å². The molecule has 1 N–H and O–H groups in total. The van der Waals surface area contributed by atoms with E-state index in [1.165, 1.54) is 16.2 Å². The fraction of sp³-hybridized carbons (Fsp3) is 0.421. The summed E-state index contributed by atoms with van der Waals surface area (Å²) in [5.41, 5.74) is 0.780. The van der Waals surface area contributed by atoms with Gasteiger partial charge in [-0.25, -0.2) is 0 Å². The topological polar surface area (TPSA) is 41.6 Å². The van der Waals surface area contributed by atoms with E-state index >= 15 is 0 Å². The minimum Gasteiger partial charge on any atom is -0.492 e. The van der Waals surface area contributed by atoms with Gasteiger partial charge < -0.3 is 15.0 Å². The molecule has 0 radical (unpaired) electrons. The van der Waals surface area contributed by atoms with Gasteiger partial charge in [-0.15, -0.1) is 11.3 Å². The monoisotopic (exact) mass is 346 g/mol. The third-order valence-electron chi connectivity index (χ3n) is 3.92. The maximum absolute atomic E-state index is 12.2. The second-order valence-corrected chi connectivity index (χ2v) is 6.64. The van der Waals surface area contributed by atoms with Crippen LogP contribution in [0.4, 0.5) is 5.69 Å². The summed E-state index contributed by atoms with van der Waals surface area (Å²) in [6.07, 6.45) is 0.956. The number of nitrogens with one attached hydrogen (secondary N) is 1. The average molecular weight is 346 g/mol. The van der Waals surface area contributed by atoms with Gasteiger partial charge >= 0.3 is 0 Å². The highest BCUT2D eigenvalue weighted by molar-refractivity contribution is 7.14. The standard InChI is InChI=1S/C19H26N2O2S/c1-4-17-11-12-18(24-17)19(22)20-15-7-9-16(10-8-15)23-14-13-21(5-2)6-3/h7-12H,4-6,13-14H2,1-3H3,(H,20,22). The van der Waals surface area contributed by atoms with Gasteiger partial charge in [-0.2, -0.15) is 0 Å². The third-order valence-corrected chi connectivity index (χ3v) is 5.15. The van der Waals surface area contributed by atoms with Gasteiger partial charge in [0.15, 0.2) is 0 Å². The summed E-state index contributed by atoms with van der Waals surface area (Å²) in [4.78, 5) is 16.5. The molecule has 1 heterocycles. The zero-order valence-electron chi connectivity index (χ0n) is 14.7. The molecule has 2 rings (SSSR count).